The lowest BCUT2D eigenvalue weighted by atomic mass is 10.2. The summed E-state index contributed by atoms with van der Waals surface area (Å²) in [6.45, 7) is 0. The molecule has 0 radical (unpaired) electrons. The molecule has 0 amide bonds. The predicted molar refractivity (Wildman–Crippen MR) is 37.7 cm³/mol. The van der Waals surface area contributed by atoms with E-state index in [0.29, 0.717) is 10.9 Å². The molecule has 56 valence electrons. The summed E-state index contributed by atoms with van der Waals surface area (Å²) in [6.07, 6.45) is 1.52. The fourth-order valence-corrected chi connectivity index (χ4v) is 0.953. The first kappa shape index (κ1) is 6.15. The number of fused-ring (bicyclic) bond motifs is 1. The van der Waals surface area contributed by atoms with Gasteiger partial charge in [0, 0.05) is 11.5 Å². The number of nitrogens with one attached hydrogen (secondary N) is 1. The Bertz CT molecular complexity index is 360. The van der Waals surface area contributed by atoms with Gasteiger partial charge in [0.05, 0.1) is 11.7 Å². The number of hydrogen-bond acceptors (Lipinski definition) is 2. The zero-order valence-electron chi connectivity index (χ0n) is 5.50. The van der Waals surface area contributed by atoms with Gasteiger partial charge in [0.15, 0.2) is 11.6 Å². The molecule has 0 bridgehead atoms. The number of benzene rings is 1. The Morgan fingerprint density at radius 3 is 3.09 bits per heavy atom. The molecule has 0 saturated carbocycles. The number of aromatic nitrogens is 2. The normalized spacial score (nSPS) is 10.6. The molecule has 3 nitrogen and oxygen atoms in total. The van der Waals surface area contributed by atoms with Crippen LogP contribution in [0.1, 0.15) is 0 Å². The molecule has 0 fully saturated rings. The van der Waals surface area contributed by atoms with Gasteiger partial charge in [0.1, 0.15) is 0 Å². The van der Waals surface area contributed by atoms with Crippen molar-refractivity contribution in [2.45, 2.75) is 0 Å². The zero-order valence-corrected chi connectivity index (χ0v) is 5.50. The van der Waals surface area contributed by atoms with E-state index in [1.165, 1.54) is 18.3 Å². The maximum absolute atomic E-state index is 12.6. The van der Waals surface area contributed by atoms with Crippen molar-refractivity contribution in [1.29, 1.82) is 0 Å². The molecule has 0 saturated heterocycles. The van der Waals surface area contributed by atoms with Gasteiger partial charge in [-0.05, 0) is 6.07 Å². The summed E-state index contributed by atoms with van der Waals surface area (Å²) in [6, 6.07) is 2.53. The summed E-state index contributed by atoms with van der Waals surface area (Å²) in [7, 11) is 0. The van der Waals surface area contributed by atoms with Crippen LogP contribution in [0.15, 0.2) is 18.3 Å². The highest BCUT2D eigenvalue weighted by Gasteiger charge is 2.02. The number of aromatic amines is 1. The highest BCUT2D eigenvalue weighted by Crippen LogP contribution is 2.21. The van der Waals surface area contributed by atoms with Crippen molar-refractivity contribution in [1.82, 2.24) is 10.2 Å². The molecule has 0 unspecified atom stereocenters. The van der Waals surface area contributed by atoms with Crippen LogP contribution >= 0.6 is 0 Å². The van der Waals surface area contributed by atoms with E-state index < -0.39 is 5.82 Å². The smallest absolute Gasteiger partial charge is 0.166 e. The summed E-state index contributed by atoms with van der Waals surface area (Å²) >= 11 is 0. The van der Waals surface area contributed by atoms with Crippen LogP contribution in [0.3, 0.4) is 0 Å². The highest BCUT2D eigenvalue weighted by molar-refractivity contribution is 5.79. The minimum Gasteiger partial charge on any atom is -0.505 e. The Labute approximate surface area is 61.5 Å². The molecule has 2 N–H and O–H groups in total. The van der Waals surface area contributed by atoms with Crippen LogP contribution < -0.4 is 0 Å². The Morgan fingerprint density at radius 2 is 2.27 bits per heavy atom. The van der Waals surface area contributed by atoms with E-state index >= 15 is 0 Å². The van der Waals surface area contributed by atoms with Crippen molar-refractivity contribution in [3.63, 3.8) is 0 Å². The Morgan fingerprint density at radius 1 is 1.45 bits per heavy atom. The molecule has 1 heterocycles. The van der Waals surface area contributed by atoms with Crippen LogP contribution in [0, 0.1) is 5.82 Å². The second-order valence-electron chi connectivity index (χ2n) is 2.26. The molecule has 2 aromatic rings. The summed E-state index contributed by atoms with van der Waals surface area (Å²) in [5.41, 5.74) is 0.584. The minimum atomic E-state index is -0.637. The van der Waals surface area contributed by atoms with Crippen LogP contribution in [-0.2, 0) is 0 Å². The molecule has 11 heavy (non-hydrogen) atoms. The molecule has 2 rings (SSSR count). The monoisotopic (exact) mass is 152 g/mol. The van der Waals surface area contributed by atoms with E-state index in [4.69, 9.17) is 5.11 Å². The first-order chi connectivity index (χ1) is 5.27. The third kappa shape index (κ3) is 0.832. The summed E-state index contributed by atoms with van der Waals surface area (Å²) < 4.78 is 12.6. The second kappa shape index (κ2) is 1.95. The van der Waals surface area contributed by atoms with Crippen LogP contribution in [0.25, 0.3) is 10.9 Å². The topological polar surface area (TPSA) is 48.9 Å². The lowest BCUT2D eigenvalue weighted by Gasteiger charge is -1.92. The molecule has 1 aromatic carbocycles. The van der Waals surface area contributed by atoms with Gasteiger partial charge in [-0.2, -0.15) is 5.10 Å². The van der Waals surface area contributed by atoms with Gasteiger partial charge >= 0.3 is 0 Å². The van der Waals surface area contributed by atoms with Crippen molar-refractivity contribution in [2.75, 3.05) is 0 Å². The quantitative estimate of drug-likeness (QED) is 0.599. The largest absolute Gasteiger partial charge is 0.505 e. The molecule has 0 aliphatic heterocycles. The SMILES string of the molecule is Oc1cc2cn[nH]c2cc1F. The zero-order chi connectivity index (χ0) is 7.84. The third-order valence-electron chi connectivity index (χ3n) is 1.51. The molecule has 0 atom stereocenters. The van der Waals surface area contributed by atoms with E-state index in [0.717, 1.165) is 0 Å². The third-order valence-corrected chi connectivity index (χ3v) is 1.51. The van der Waals surface area contributed by atoms with Crippen LogP contribution in [0.4, 0.5) is 4.39 Å². The van der Waals surface area contributed by atoms with Crippen LogP contribution in [-0.4, -0.2) is 15.3 Å². The Kier molecular flexibility index (Phi) is 1.09. The minimum absolute atomic E-state index is 0.348. The summed E-state index contributed by atoms with van der Waals surface area (Å²) in [4.78, 5) is 0. The van der Waals surface area contributed by atoms with Gasteiger partial charge < -0.3 is 5.11 Å². The van der Waals surface area contributed by atoms with Crippen LogP contribution in [0.2, 0.25) is 0 Å². The number of rotatable bonds is 0. The molecule has 0 aliphatic carbocycles. The van der Waals surface area contributed by atoms with Gasteiger partial charge in [-0.15, -0.1) is 0 Å². The highest BCUT2D eigenvalue weighted by atomic mass is 19.1. The van der Waals surface area contributed by atoms with E-state index in [-0.39, 0.29) is 5.75 Å². The van der Waals surface area contributed by atoms with Gasteiger partial charge in [0.2, 0.25) is 0 Å². The van der Waals surface area contributed by atoms with Gasteiger partial charge in [-0.3, -0.25) is 5.10 Å². The first-order valence-corrected chi connectivity index (χ1v) is 3.09. The second-order valence-corrected chi connectivity index (χ2v) is 2.26. The fraction of sp³-hybridized carbons (Fsp3) is 0. The average molecular weight is 152 g/mol. The number of halogens is 1. The predicted octanol–water partition coefficient (Wildman–Crippen LogP) is 1.41. The summed E-state index contributed by atoms with van der Waals surface area (Å²) in [5, 5.41) is 15.9. The van der Waals surface area contributed by atoms with Gasteiger partial charge in [0.25, 0.3) is 0 Å². The van der Waals surface area contributed by atoms with E-state index in [9.17, 15) is 4.39 Å². The van der Waals surface area contributed by atoms with Crippen LogP contribution in [0.5, 0.6) is 5.75 Å². The van der Waals surface area contributed by atoms with Crippen molar-refractivity contribution in [2.24, 2.45) is 0 Å². The maximum atomic E-state index is 12.6. The standard InChI is InChI=1S/C7H5FN2O/c8-5-2-6-4(1-7(5)11)3-9-10-6/h1-3,11H,(H,9,10). The number of hydrogen-bond donors (Lipinski definition) is 2. The number of phenolic OH excluding ortho intramolecular Hbond substituents is 1. The molecular formula is C7H5FN2O. The Balaban J connectivity index is 2.86. The number of aromatic hydroxyl groups is 1. The van der Waals surface area contributed by atoms with E-state index in [2.05, 4.69) is 10.2 Å². The Hall–Kier alpha value is -1.58. The molecule has 4 heteroatoms. The lowest BCUT2D eigenvalue weighted by Crippen LogP contribution is -1.75. The average Bonchev–Trinajstić information content (AvgIpc) is 2.36. The van der Waals surface area contributed by atoms with E-state index in [1.807, 2.05) is 0 Å². The summed E-state index contributed by atoms with van der Waals surface area (Å²) in [5.74, 6) is -0.986. The lowest BCUT2D eigenvalue weighted by molar-refractivity contribution is 0.433. The number of nitrogens with zero attached hydrogens (tertiary/aromatic N) is 1. The van der Waals surface area contributed by atoms with E-state index in [1.54, 1.807) is 0 Å². The van der Waals surface area contributed by atoms with Gasteiger partial charge in [-0.25, -0.2) is 4.39 Å². The number of phenols is 1. The number of H-pyrrole nitrogens is 1. The molecule has 1 aromatic heterocycles. The molecular weight excluding hydrogens is 147 g/mol. The van der Waals surface area contributed by atoms with Crippen molar-refractivity contribution in [3.05, 3.63) is 24.1 Å². The maximum Gasteiger partial charge on any atom is 0.166 e. The molecule has 0 aliphatic rings. The first-order valence-electron chi connectivity index (χ1n) is 3.09. The van der Waals surface area contributed by atoms with Crippen molar-refractivity contribution < 1.29 is 9.50 Å². The van der Waals surface area contributed by atoms with Gasteiger partial charge in [-0.1, -0.05) is 0 Å². The van der Waals surface area contributed by atoms with Crippen molar-refractivity contribution in [3.8, 4) is 5.75 Å². The molecule has 0 spiro atoms. The van der Waals surface area contributed by atoms with Crippen molar-refractivity contribution >= 4 is 10.9 Å². The fourth-order valence-electron chi connectivity index (χ4n) is 0.953.